The Morgan fingerprint density at radius 2 is 2.06 bits per heavy atom. The summed E-state index contributed by atoms with van der Waals surface area (Å²) >= 11 is 0. The van der Waals surface area contributed by atoms with Gasteiger partial charge in [-0.3, -0.25) is 4.90 Å². The molecule has 0 radical (unpaired) electrons. The van der Waals surface area contributed by atoms with Gasteiger partial charge in [-0.1, -0.05) is 26.8 Å². The van der Waals surface area contributed by atoms with Crippen molar-refractivity contribution in [3.05, 3.63) is 35.1 Å². The maximum atomic E-state index is 13.7. The first kappa shape index (κ1) is 13.0. The summed E-state index contributed by atoms with van der Waals surface area (Å²) in [6.07, 6.45) is 0. The summed E-state index contributed by atoms with van der Waals surface area (Å²) in [5.41, 5.74) is 1.40. The third-order valence-corrected chi connectivity index (χ3v) is 3.76. The van der Waals surface area contributed by atoms with Crippen LogP contribution in [0.15, 0.2) is 18.2 Å². The predicted octanol–water partition coefficient (Wildman–Crippen LogP) is 3.18. The second kappa shape index (κ2) is 4.70. The van der Waals surface area contributed by atoms with Crippen LogP contribution >= 0.6 is 0 Å². The minimum absolute atomic E-state index is 0.270. The summed E-state index contributed by atoms with van der Waals surface area (Å²) in [6, 6.07) is 6.67. The van der Waals surface area contributed by atoms with Crippen molar-refractivity contribution in [2.75, 3.05) is 13.1 Å². The van der Waals surface area contributed by atoms with E-state index in [2.05, 4.69) is 25.7 Å². The fourth-order valence-electron chi connectivity index (χ4n) is 2.23. The van der Waals surface area contributed by atoms with Crippen LogP contribution in [0.3, 0.4) is 0 Å². The number of hydrogen-bond donors (Lipinski definition) is 0. The van der Waals surface area contributed by atoms with Gasteiger partial charge in [0.2, 0.25) is 0 Å². The Kier molecular flexibility index (Phi) is 3.41. The molecule has 2 rings (SSSR count). The van der Waals surface area contributed by atoms with Crippen molar-refractivity contribution < 1.29 is 4.39 Å². The number of hydrogen-bond acceptors (Lipinski definition) is 2. The summed E-state index contributed by atoms with van der Waals surface area (Å²) in [6.45, 7) is 9.45. The van der Waals surface area contributed by atoms with Gasteiger partial charge in [-0.25, -0.2) is 4.39 Å². The SMILES string of the molecule is CC(C)(C)C1CN(Cc2ccc(C#N)cc2F)C1. The van der Waals surface area contributed by atoms with Gasteiger partial charge in [-0.15, -0.1) is 0 Å². The summed E-state index contributed by atoms with van der Waals surface area (Å²) in [5, 5.41) is 8.69. The van der Waals surface area contributed by atoms with E-state index in [0.29, 0.717) is 29.0 Å². The van der Waals surface area contributed by atoms with Gasteiger partial charge in [-0.05, 0) is 23.5 Å². The van der Waals surface area contributed by atoms with E-state index in [1.807, 2.05) is 6.07 Å². The highest BCUT2D eigenvalue weighted by Crippen LogP contribution is 2.34. The van der Waals surface area contributed by atoms with E-state index >= 15 is 0 Å². The van der Waals surface area contributed by atoms with Gasteiger partial charge in [0, 0.05) is 25.2 Å². The second-order valence-corrected chi connectivity index (χ2v) is 6.18. The molecule has 1 heterocycles. The summed E-state index contributed by atoms with van der Waals surface area (Å²) in [4.78, 5) is 2.25. The highest BCUT2D eigenvalue weighted by Gasteiger charge is 2.35. The first-order valence-corrected chi connectivity index (χ1v) is 6.31. The van der Waals surface area contributed by atoms with Crippen molar-refractivity contribution in [2.45, 2.75) is 27.3 Å². The first-order valence-electron chi connectivity index (χ1n) is 6.31. The molecular weight excluding hydrogens is 227 g/mol. The Hall–Kier alpha value is -1.40. The van der Waals surface area contributed by atoms with Gasteiger partial charge >= 0.3 is 0 Å². The normalized spacial score (nSPS) is 17.3. The molecule has 1 aromatic carbocycles. The van der Waals surface area contributed by atoms with Crippen molar-refractivity contribution in [3.63, 3.8) is 0 Å². The zero-order valence-electron chi connectivity index (χ0n) is 11.2. The fourth-order valence-corrected chi connectivity index (χ4v) is 2.23. The molecule has 0 bridgehead atoms. The molecule has 18 heavy (non-hydrogen) atoms. The average Bonchev–Trinajstić information content (AvgIpc) is 2.22. The molecule has 3 heteroatoms. The van der Waals surface area contributed by atoms with Crippen LogP contribution in [0.1, 0.15) is 31.9 Å². The monoisotopic (exact) mass is 246 g/mol. The molecule has 1 aliphatic heterocycles. The molecular formula is C15H19FN2. The third-order valence-electron chi connectivity index (χ3n) is 3.76. The molecule has 0 saturated carbocycles. The number of rotatable bonds is 2. The molecule has 1 aromatic rings. The quantitative estimate of drug-likeness (QED) is 0.801. The molecule has 96 valence electrons. The van der Waals surface area contributed by atoms with E-state index in [9.17, 15) is 4.39 Å². The molecule has 0 atom stereocenters. The highest BCUT2D eigenvalue weighted by atomic mass is 19.1. The minimum Gasteiger partial charge on any atom is -0.298 e. The molecule has 0 aromatic heterocycles. The number of benzene rings is 1. The Balaban J connectivity index is 1.95. The van der Waals surface area contributed by atoms with Gasteiger partial charge < -0.3 is 0 Å². The van der Waals surface area contributed by atoms with Gasteiger partial charge in [0.15, 0.2) is 0 Å². The largest absolute Gasteiger partial charge is 0.298 e. The zero-order chi connectivity index (χ0) is 13.3. The lowest BCUT2D eigenvalue weighted by atomic mass is 9.76. The maximum absolute atomic E-state index is 13.7. The van der Waals surface area contributed by atoms with E-state index in [1.165, 1.54) is 6.07 Å². The molecule has 2 nitrogen and oxygen atoms in total. The average molecular weight is 246 g/mol. The van der Waals surface area contributed by atoms with E-state index in [1.54, 1.807) is 12.1 Å². The molecule has 1 fully saturated rings. The molecule has 0 amide bonds. The van der Waals surface area contributed by atoms with Crippen molar-refractivity contribution in [1.82, 2.24) is 4.90 Å². The Labute approximate surface area is 108 Å². The lowest BCUT2D eigenvalue weighted by molar-refractivity contribution is 0.0182. The Bertz CT molecular complexity index is 476. The van der Waals surface area contributed by atoms with Crippen LogP contribution in [0.25, 0.3) is 0 Å². The Morgan fingerprint density at radius 1 is 1.39 bits per heavy atom. The van der Waals surface area contributed by atoms with Crippen LogP contribution in [0.4, 0.5) is 4.39 Å². The Morgan fingerprint density at radius 3 is 2.56 bits per heavy atom. The van der Waals surface area contributed by atoms with E-state index in [4.69, 9.17) is 5.26 Å². The highest BCUT2D eigenvalue weighted by molar-refractivity contribution is 5.32. The van der Waals surface area contributed by atoms with E-state index in [0.717, 1.165) is 13.1 Å². The smallest absolute Gasteiger partial charge is 0.129 e. The van der Waals surface area contributed by atoms with Gasteiger partial charge in [0.25, 0.3) is 0 Å². The molecule has 1 saturated heterocycles. The van der Waals surface area contributed by atoms with Crippen LogP contribution < -0.4 is 0 Å². The minimum atomic E-state index is -0.270. The zero-order valence-corrected chi connectivity index (χ0v) is 11.2. The topological polar surface area (TPSA) is 27.0 Å². The van der Waals surface area contributed by atoms with E-state index in [-0.39, 0.29) is 5.82 Å². The summed E-state index contributed by atoms with van der Waals surface area (Å²) in [7, 11) is 0. The van der Waals surface area contributed by atoms with Crippen LogP contribution in [-0.2, 0) is 6.54 Å². The van der Waals surface area contributed by atoms with Crippen LogP contribution in [-0.4, -0.2) is 18.0 Å². The van der Waals surface area contributed by atoms with Crippen molar-refractivity contribution in [3.8, 4) is 6.07 Å². The summed E-state index contributed by atoms with van der Waals surface area (Å²) in [5.74, 6) is 0.423. The second-order valence-electron chi connectivity index (χ2n) is 6.18. The van der Waals surface area contributed by atoms with Crippen LogP contribution in [0.2, 0.25) is 0 Å². The molecule has 0 aliphatic carbocycles. The number of nitrogens with zero attached hydrogens (tertiary/aromatic N) is 2. The number of likely N-dealkylation sites (tertiary alicyclic amines) is 1. The van der Waals surface area contributed by atoms with Crippen LogP contribution in [0, 0.1) is 28.5 Å². The van der Waals surface area contributed by atoms with Gasteiger partial charge in [0.1, 0.15) is 5.82 Å². The van der Waals surface area contributed by atoms with Crippen molar-refractivity contribution in [1.29, 1.82) is 5.26 Å². The standard InChI is InChI=1S/C15H19FN2/c1-15(2,3)13-9-18(10-13)8-12-5-4-11(7-17)6-14(12)16/h4-6,13H,8-10H2,1-3H3. The predicted molar refractivity (Wildman–Crippen MR) is 69.3 cm³/mol. The molecule has 0 spiro atoms. The maximum Gasteiger partial charge on any atom is 0.129 e. The van der Waals surface area contributed by atoms with Crippen LogP contribution in [0.5, 0.6) is 0 Å². The summed E-state index contributed by atoms with van der Waals surface area (Å²) < 4.78 is 13.7. The van der Waals surface area contributed by atoms with Gasteiger partial charge in [-0.2, -0.15) is 5.26 Å². The number of nitriles is 1. The lowest BCUT2D eigenvalue weighted by Crippen LogP contribution is -2.51. The molecule has 0 unspecified atom stereocenters. The van der Waals surface area contributed by atoms with Crippen molar-refractivity contribution in [2.24, 2.45) is 11.3 Å². The first-order chi connectivity index (χ1) is 8.40. The molecule has 1 aliphatic rings. The fraction of sp³-hybridized carbons (Fsp3) is 0.533. The lowest BCUT2D eigenvalue weighted by Gasteiger charge is -2.46. The number of halogens is 1. The van der Waals surface area contributed by atoms with Gasteiger partial charge in [0.05, 0.1) is 11.6 Å². The third kappa shape index (κ3) is 2.70. The van der Waals surface area contributed by atoms with Crippen molar-refractivity contribution >= 4 is 0 Å². The van der Waals surface area contributed by atoms with E-state index < -0.39 is 0 Å². The molecule has 0 N–H and O–H groups in total.